The van der Waals surface area contributed by atoms with Crippen molar-refractivity contribution < 1.29 is 5.11 Å². The minimum atomic E-state index is 0.0779. The van der Waals surface area contributed by atoms with Gasteiger partial charge in [0.05, 0.1) is 22.5 Å². The highest BCUT2D eigenvalue weighted by Crippen LogP contribution is 2.32. The zero-order chi connectivity index (χ0) is 20.4. The second kappa shape index (κ2) is 8.11. The zero-order valence-electron chi connectivity index (χ0n) is 16.4. The van der Waals surface area contributed by atoms with Crippen LogP contribution in [0.1, 0.15) is 16.7 Å². The third kappa shape index (κ3) is 4.19. The Morgan fingerprint density at radius 2 is 1.72 bits per heavy atom. The molecule has 0 saturated heterocycles. The Labute approximate surface area is 175 Å². The van der Waals surface area contributed by atoms with Crippen LogP contribution in [0.5, 0.6) is 5.88 Å². The summed E-state index contributed by atoms with van der Waals surface area (Å²) in [6, 6.07) is 23.6. The minimum absolute atomic E-state index is 0.0779. The highest BCUT2D eigenvalue weighted by molar-refractivity contribution is 6.31. The first-order valence-corrected chi connectivity index (χ1v) is 9.77. The molecule has 0 aliphatic rings. The lowest BCUT2D eigenvalue weighted by atomic mass is 10.0. The van der Waals surface area contributed by atoms with Gasteiger partial charge in [0.15, 0.2) is 5.88 Å². The van der Waals surface area contributed by atoms with Crippen molar-refractivity contribution in [3.63, 3.8) is 0 Å². The SMILES string of the molecule is CN(C)Cc1ccc(N=C(c2ccccc2)c2c(O)[nH]c3cc(Cl)ccc23)cc1. The molecule has 0 radical (unpaired) electrons. The van der Waals surface area contributed by atoms with Gasteiger partial charge in [-0.05, 0) is 43.9 Å². The number of rotatable bonds is 5. The van der Waals surface area contributed by atoms with E-state index in [0.717, 1.165) is 28.7 Å². The molecule has 0 aliphatic heterocycles. The Bertz CT molecular complexity index is 1160. The molecule has 29 heavy (non-hydrogen) atoms. The van der Waals surface area contributed by atoms with E-state index in [9.17, 15) is 5.11 Å². The topological polar surface area (TPSA) is 51.6 Å². The van der Waals surface area contributed by atoms with Gasteiger partial charge < -0.3 is 15.0 Å². The maximum absolute atomic E-state index is 10.7. The fourth-order valence-corrected chi connectivity index (χ4v) is 3.60. The number of hydrogen-bond acceptors (Lipinski definition) is 3. The molecule has 5 heteroatoms. The number of halogens is 1. The second-order valence-corrected chi connectivity index (χ2v) is 7.71. The maximum Gasteiger partial charge on any atom is 0.199 e. The van der Waals surface area contributed by atoms with E-state index in [1.54, 1.807) is 6.07 Å². The molecule has 4 rings (SSSR count). The van der Waals surface area contributed by atoms with E-state index >= 15 is 0 Å². The Morgan fingerprint density at radius 1 is 1.00 bits per heavy atom. The second-order valence-electron chi connectivity index (χ2n) is 7.27. The van der Waals surface area contributed by atoms with Crippen molar-refractivity contribution in [2.24, 2.45) is 4.99 Å². The van der Waals surface area contributed by atoms with Gasteiger partial charge in [-0.25, -0.2) is 4.99 Å². The van der Waals surface area contributed by atoms with Gasteiger partial charge in [-0.2, -0.15) is 0 Å². The van der Waals surface area contributed by atoms with Gasteiger partial charge in [0.25, 0.3) is 0 Å². The molecule has 4 aromatic rings. The Kier molecular flexibility index (Phi) is 5.38. The first kappa shape index (κ1) is 19.2. The summed E-state index contributed by atoms with van der Waals surface area (Å²) in [5, 5.41) is 12.2. The maximum atomic E-state index is 10.7. The number of H-pyrrole nitrogens is 1. The summed E-state index contributed by atoms with van der Waals surface area (Å²) in [4.78, 5) is 10.1. The average Bonchev–Trinajstić information content (AvgIpc) is 3.02. The van der Waals surface area contributed by atoms with Gasteiger partial charge in [-0.15, -0.1) is 0 Å². The predicted octanol–water partition coefficient (Wildman–Crippen LogP) is 5.76. The number of nitrogens with one attached hydrogen (secondary N) is 1. The number of aromatic amines is 1. The third-order valence-electron chi connectivity index (χ3n) is 4.70. The summed E-state index contributed by atoms with van der Waals surface area (Å²) in [6.07, 6.45) is 0. The third-order valence-corrected chi connectivity index (χ3v) is 4.94. The molecule has 0 bridgehead atoms. The van der Waals surface area contributed by atoms with Crippen LogP contribution >= 0.6 is 11.6 Å². The molecule has 0 spiro atoms. The number of hydrogen-bond donors (Lipinski definition) is 2. The molecule has 0 unspecified atom stereocenters. The van der Waals surface area contributed by atoms with Crippen LogP contribution in [0.4, 0.5) is 5.69 Å². The average molecular weight is 404 g/mol. The molecule has 146 valence electrons. The van der Waals surface area contributed by atoms with Crippen LogP contribution in [0.2, 0.25) is 5.02 Å². The van der Waals surface area contributed by atoms with E-state index in [1.165, 1.54) is 5.56 Å². The smallest absolute Gasteiger partial charge is 0.199 e. The summed E-state index contributed by atoms with van der Waals surface area (Å²) in [7, 11) is 4.09. The van der Waals surface area contributed by atoms with Crippen LogP contribution in [0.3, 0.4) is 0 Å². The lowest BCUT2D eigenvalue weighted by molar-refractivity contribution is 0.402. The monoisotopic (exact) mass is 403 g/mol. The minimum Gasteiger partial charge on any atom is -0.494 e. The fraction of sp³-hybridized carbons (Fsp3) is 0.125. The van der Waals surface area contributed by atoms with Crippen LogP contribution < -0.4 is 0 Å². The van der Waals surface area contributed by atoms with Crippen LogP contribution in [0, 0.1) is 0 Å². The molecule has 4 nitrogen and oxygen atoms in total. The number of aromatic nitrogens is 1. The number of benzene rings is 3. The summed E-state index contributed by atoms with van der Waals surface area (Å²) in [5.74, 6) is 0.0779. The number of nitrogens with zero attached hydrogens (tertiary/aromatic N) is 2. The number of fused-ring (bicyclic) bond motifs is 1. The highest BCUT2D eigenvalue weighted by atomic mass is 35.5. The molecule has 0 saturated carbocycles. The molecule has 0 atom stereocenters. The van der Waals surface area contributed by atoms with Gasteiger partial charge in [-0.3, -0.25) is 0 Å². The van der Waals surface area contributed by atoms with E-state index in [4.69, 9.17) is 16.6 Å². The first-order chi connectivity index (χ1) is 14.0. The van der Waals surface area contributed by atoms with Gasteiger partial charge in [0.1, 0.15) is 0 Å². The van der Waals surface area contributed by atoms with Gasteiger partial charge in [0, 0.05) is 22.5 Å². The number of aromatic hydroxyl groups is 1. The van der Waals surface area contributed by atoms with E-state index < -0.39 is 0 Å². The van der Waals surface area contributed by atoms with E-state index in [0.29, 0.717) is 16.3 Å². The molecule has 0 fully saturated rings. The van der Waals surface area contributed by atoms with E-state index in [-0.39, 0.29) is 5.88 Å². The predicted molar refractivity (Wildman–Crippen MR) is 121 cm³/mol. The number of aliphatic imine (C=N–C) groups is 1. The van der Waals surface area contributed by atoms with Crippen molar-refractivity contribution in [2.45, 2.75) is 6.54 Å². The van der Waals surface area contributed by atoms with E-state index in [2.05, 4.69) is 22.0 Å². The van der Waals surface area contributed by atoms with Gasteiger partial charge in [0.2, 0.25) is 0 Å². The van der Waals surface area contributed by atoms with Gasteiger partial charge >= 0.3 is 0 Å². The van der Waals surface area contributed by atoms with Crippen molar-refractivity contribution in [2.75, 3.05) is 14.1 Å². The lowest BCUT2D eigenvalue weighted by Gasteiger charge is -2.10. The Hall–Kier alpha value is -3.08. The van der Waals surface area contributed by atoms with Crippen molar-refractivity contribution in [3.05, 3.63) is 94.5 Å². The van der Waals surface area contributed by atoms with Crippen molar-refractivity contribution in [3.8, 4) is 5.88 Å². The fourth-order valence-electron chi connectivity index (χ4n) is 3.43. The molecule has 0 amide bonds. The van der Waals surface area contributed by atoms with Crippen LogP contribution in [0.25, 0.3) is 10.9 Å². The van der Waals surface area contributed by atoms with Crippen LogP contribution in [-0.2, 0) is 6.54 Å². The zero-order valence-corrected chi connectivity index (χ0v) is 17.1. The van der Waals surface area contributed by atoms with E-state index in [1.807, 2.05) is 68.7 Å². The van der Waals surface area contributed by atoms with Gasteiger partial charge in [-0.1, -0.05) is 60.1 Å². The molecule has 0 aliphatic carbocycles. The molecule has 2 N–H and O–H groups in total. The molecular weight excluding hydrogens is 382 g/mol. The first-order valence-electron chi connectivity index (χ1n) is 9.39. The molecule has 3 aromatic carbocycles. The van der Waals surface area contributed by atoms with Crippen molar-refractivity contribution in [1.29, 1.82) is 0 Å². The Morgan fingerprint density at radius 3 is 2.41 bits per heavy atom. The highest BCUT2D eigenvalue weighted by Gasteiger charge is 2.18. The van der Waals surface area contributed by atoms with Crippen molar-refractivity contribution in [1.82, 2.24) is 9.88 Å². The summed E-state index contributed by atoms with van der Waals surface area (Å²) < 4.78 is 0. The standard InChI is InChI=1S/C24H22ClN3O/c1-28(2)15-16-8-11-19(12-9-16)26-23(17-6-4-3-5-7-17)22-20-13-10-18(25)14-21(20)27-24(22)29/h3-14,27,29H,15H2,1-2H3. The largest absolute Gasteiger partial charge is 0.494 e. The Balaban J connectivity index is 1.86. The summed E-state index contributed by atoms with van der Waals surface area (Å²) in [6.45, 7) is 0.875. The quantitative estimate of drug-likeness (QED) is 0.416. The summed E-state index contributed by atoms with van der Waals surface area (Å²) in [5.41, 5.74) is 5.12. The normalized spacial score (nSPS) is 12.1. The summed E-state index contributed by atoms with van der Waals surface area (Å²) >= 11 is 6.12. The molecule has 1 heterocycles. The van der Waals surface area contributed by atoms with Crippen LogP contribution in [0.15, 0.2) is 77.8 Å². The lowest BCUT2D eigenvalue weighted by Crippen LogP contribution is -2.10. The molecule has 1 aromatic heterocycles. The van der Waals surface area contributed by atoms with Crippen molar-refractivity contribution >= 4 is 33.9 Å². The molecular formula is C24H22ClN3O. The van der Waals surface area contributed by atoms with Crippen LogP contribution in [-0.4, -0.2) is 34.8 Å².